The van der Waals surface area contributed by atoms with E-state index in [9.17, 15) is 53.3 Å². The number of fused-ring (bicyclic) bond motifs is 2. The first kappa shape index (κ1) is 38.4. The molecule has 27 nitrogen and oxygen atoms in total. The van der Waals surface area contributed by atoms with Gasteiger partial charge in [-0.3, -0.25) is 41.9 Å². The van der Waals surface area contributed by atoms with Gasteiger partial charge in [0.15, 0.2) is 30.0 Å². The van der Waals surface area contributed by atoms with Gasteiger partial charge in [-0.05, 0) is 6.92 Å². The van der Waals surface area contributed by atoms with Crippen LogP contribution in [0.4, 0.5) is 5.95 Å². The molecule has 7 N–H and O–H groups in total. The van der Waals surface area contributed by atoms with Gasteiger partial charge in [0.05, 0.1) is 20.0 Å². The number of aliphatic hydroxyl groups excluding tert-OH is 3. The number of nitrogens with one attached hydrogen (secondary N) is 2. The van der Waals surface area contributed by atoms with E-state index in [1.807, 2.05) is 0 Å². The lowest BCUT2D eigenvalue weighted by atomic mass is 10.1. The number of aryl methyl sites for hydroxylation is 2. The van der Waals surface area contributed by atoms with Gasteiger partial charge < -0.3 is 59.5 Å². The molecule has 4 aromatic heterocycles. The maximum atomic E-state index is 12.6. The van der Waals surface area contributed by atoms with Crippen LogP contribution in [0.2, 0.25) is 0 Å². The summed E-state index contributed by atoms with van der Waals surface area (Å²) in [6.07, 6.45) is -11.6. The number of hydrogen-bond acceptors (Lipinski definition) is 22. The van der Waals surface area contributed by atoms with Crippen molar-refractivity contribution < 1.29 is 80.1 Å². The number of methoxy groups -OCH3 is 1. The van der Waals surface area contributed by atoms with Crippen LogP contribution in [0.3, 0.4) is 0 Å². The van der Waals surface area contributed by atoms with Crippen LogP contribution in [0.25, 0.3) is 22.3 Å². The zero-order chi connectivity index (χ0) is 38.1. The van der Waals surface area contributed by atoms with Gasteiger partial charge in [-0.25, -0.2) is 23.2 Å². The summed E-state index contributed by atoms with van der Waals surface area (Å²) in [4.78, 5) is 78.6. The van der Waals surface area contributed by atoms with E-state index < -0.39 is 90.5 Å². The number of nitrogens with zero attached hydrogens (tertiary/aromatic N) is 6. The molecule has 0 aliphatic carbocycles. The molecule has 0 saturated carbocycles. The molecule has 52 heavy (non-hydrogen) atoms. The molecule has 0 spiro atoms. The Bertz CT molecular complexity index is 2280. The number of phosphoric acid groups is 3. The number of nitrogens with two attached hydrogens (primary N) is 1. The van der Waals surface area contributed by atoms with E-state index in [-0.39, 0.29) is 34.1 Å². The number of phosphoric ester groups is 2. The van der Waals surface area contributed by atoms with Crippen molar-refractivity contribution in [2.75, 3.05) is 19.5 Å². The second kappa shape index (κ2) is 13.8. The summed E-state index contributed by atoms with van der Waals surface area (Å²) in [5.74, 6) is -0.139. The molecule has 2 aliphatic rings. The lowest BCUT2D eigenvalue weighted by Gasteiger charge is -2.35. The second-order valence-corrected chi connectivity index (χ2v) is 15.7. The number of nitrogen functional groups attached to an aromatic ring is 1. The first-order valence-electron chi connectivity index (χ1n) is 14.5. The Morgan fingerprint density at radius 3 is 2.38 bits per heavy atom. The van der Waals surface area contributed by atoms with Crippen LogP contribution < -0.4 is 36.1 Å². The number of aromatic amines is 2. The molecule has 2 saturated heterocycles. The third kappa shape index (κ3) is 7.40. The molecule has 0 radical (unpaired) electrons. The van der Waals surface area contributed by atoms with Gasteiger partial charge in [-0.1, -0.05) is 4.98 Å². The predicted molar refractivity (Wildman–Crippen MR) is 157 cm³/mol. The molecule has 286 valence electrons. The van der Waals surface area contributed by atoms with E-state index in [1.165, 1.54) is 24.9 Å². The summed E-state index contributed by atoms with van der Waals surface area (Å²) >= 11 is 0. The number of aliphatic hydroxyl groups is 3. The summed E-state index contributed by atoms with van der Waals surface area (Å²) in [6, 6.07) is 0. The maximum absolute atomic E-state index is 12.6. The van der Waals surface area contributed by atoms with Crippen LogP contribution >= 0.6 is 23.5 Å². The summed E-state index contributed by atoms with van der Waals surface area (Å²) in [5.41, 5.74) is 3.99. The highest BCUT2D eigenvalue weighted by Crippen LogP contribution is 2.63. The van der Waals surface area contributed by atoms with E-state index in [0.29, 0.717) is 0 Å². The molecule has 2 fully saturated rings. The highest BCUT2D eigenvalue weighted by Gasteiger charge is 2.51. The minimum atomic E-state index is -6.41. The predicted octanol–water partition coefficient (Wildman–Crippen LogP) is -5.11. The Kier molecular flexibility index (Phi) is 10.2. The van der Waals surface area contributed by atoms with Gasteiger partial charge in [0.1, 0.15) is 36.3 Å². The van der Waals surface area contributed by atoms with E-state index in [1.54, 1.807) is 0 Å². The van der Waals surface area contributed by atoms with Gasteiger partial charge in [0, 0.05) is 7.11 Å². The van der Waals surface area contributed by atoms with E-state index in [0.717, 1.165) is 22.6 Å². The average molecular weight is 799 g/mol. The largest absolute Gasteiger partial charge is 0.756 e. The van der Waals surface area contributed by atoms with Gasteiger partial charge in [-0.15, -0.1) is 0 Å². The normalized spacial score (nSPS) is 30.1. The number of H-pyrrole nitrogens is 2. The molecule has 0 aromatic carbocycles. The molecule has 6 heterocycles. The fourth-order valence-corrected chi connectivity index (χ4v) is 9.00. The van der Waals surface area contributed by atoms with E-state index in [2.05, 4.69) is 42.6 Å². The molecular weight excluding hydrogens is 771 g/mol. The van der Waals surface area contributed by atoms with Crippen LogP contribution in [0, 0.1) is 6.92 Å². The van der Waals surface area contributed by atoms with Crippen molar-refractivity contribution in [1.29, 1.82) is 0 Å². The van der Waals surface area contributed by atoms with Crippen molar-refractivity contribution in [2.45, 2.75) is 56.2 Å². The van der Waals surface area contributed by atoms with Crippen molar-refractivity contribution >= 4 is 51.7 Å². The van der Waals surface area contributed by atoms with Crippen molar-refractivity contribution in [2.24, 2.45) is 7.05 Å². The zero-order valence-electron chi connectivity index (χ0n) is 26.5. The van der Waals surface area contributed by atoms with Crippen LogP contribution in [0.1, 0.15) is 18.3 Å². The van der Waals surface area contributed by atoms with Gasteiger partial charge in [0.25, 0.3) is 40.5 Å². The number of imidazole rings is 2. The molecule has 0 bridgehead atoms. The smallest absolute Gasteiger partial charge is 0.313 e. The van der Waals surface area contributed by atoms with Crippen molar-refractivity contribution in [3.05, 3.63) is 39.2 Å². The van der Waals surface area contributed by atoms with Crippen molar-refractivity contribution in [3.63, 3.8) is 0 Å². The molecule has 11 atom stereocenters. The van der Waals surface area contributed by atoms with Crippen LogP contribution in [0.15, 0.2) is 22.2 Å². The third-order valence-corrected chi connectivity index (χ3v) is 11.8. The van der Waals surface area contributed by atoms with Gasteiger partial charge in [0.2, 0.25) is 11.7 Å². The lowest BCUT2D eigenvalue weighted by molar-refractivity contribution is -0.747. The van der Waals surface area contributed by atoms with Crippen LogP contribution in [-0.4, -0.2) is 99.9 Å². The molecular formula is C22H28N9O18P3-2. The fourth-order valence-electron chi connectivity index (χ4n) is 5.55. The fraction of sp³-hybridized carbons (Fsp3) is 0.545. The Morgan fingerprint density at radius 2 is 1.69 bits per heavy atom. The number of aromatic nitrogens is 8. The molecule has 6 rings (SSSR count). The molecule has 30 heteroatoms. The first-order valence-corrected chi connectivity index (χ1v) is 18.8. The number of hydrogen-bond donors (Lipinski definition) is 6. The van der Waals surface area contributed by atoms with Crippen LogP contribution in [-0.2, 0) is 52.6 Å². The van der Waals surface area contributed by atoms with E-state index >= 15 is 0 Å². The number of anilines is 1. The van der Waals surface area contributed by atoms with Crippen LogP contribution in [0.5, 0.6) is 0 Å². The topological polar surface area (TPSA) is 390 Å². The third-order valence-electron chi connectivity index (χ3n) is 7.70. The average Bonchev–Trinajstić information content (AvgIpc) is 3.73. The van der Waals surface area contributed by atoms with Crippen molar-refractivity contribution in [3.8, 4) is 0 Å². The highest BCUT2D eigenvalue weighted by atomic mass is 31.3. The number of ether oxygens (including phenoxy) is 3. The second-order valence-electron chi connectivity index (χ2n) is 11.3. The SMILES string of the molecule is COC1[C@@H](OP(=O)([O-])OP(=O)([O-])OP(=O)([O-])OC[C@H]2O[C@@H](n3cnc4c(=O)[nH]c(C)nc43)C(O)[C@H]2O)O[C@@H]([n+]2cn(C)c3c(=O)[nH]c(N)nc32)[C@H]1O. The van der Waals surface area contributed by atoms with Gasteiger partial charge in [-0.2, -0.15) is 0 Å². The minimum absolute atomic E-state index is 0.0307. The monoisotopic (exact) mass is 799 g/mol. The minimum Gasteiger partial charge on any atom is -0.756 e. The summed E-state index contributed by atoms with van der Waals surface area (Å²) in [7, 11) is -16.1. The summed E-state index contributed by atoms with van der Waals surface area (Å²) in [6.45, 7) is 0.284. The Labute approximate surface area is 287 Å². The number of rotatable bonds is 12. The Balaban J connectivity index is 1.09. The molecule has 5 unspecified atom stereocenters. The Hall–Kier alpha value is -3.33. The molecule has 2 aliphatic heterocycles. The first-order chi connectivity index (χ1) is 24.2. The highest BCUT2D eigenvalue weighted by molar-refractivity contribution is 7.65. The molecule has 0 amide bonds. The quantitative estimate of drug-likeness (QED) is 0.0576. The Morgan fingerprint density at radius 1 is 1.00 bits per heavy atom. The summed E-state index contributed by atoms with van der Waals surface area (Å²) in [5, 5.41) is 31.8. The van der Waals surface area contributed by atoms with E-state index in [4.69, 9.17) is 19.9 Å². The van der Waals surface area contributed by atoms with Gasteiger partial charge >= 0.3 is 5.65 Å². The molecule has 4 aromatic rings. The lowest BCUT2D eigenvalue weighted by Crippen LogP contribution is -2.46. The maximum Gasteiger partial charge on any atom is 0.313 e. The van der Waals surface area contributed by atoms with Crippen molar-refractivity contribution in [1.82, 2.24) is 34.1 Å². The zero-order valence-corrected chi connectivity index (χ0v) is 29.2. The standard InChI is InChI=1S/C22H30N9O18P3/c1-7-25-15-9(17(35)26-7)24-5-30(15)19-12(33)11(32)8(45-19)4-44-50(37,38)48-52(41,42)49-51(39,40)47-21-14(43-3)13(34)20(46-21)31-6-29(2)10-16(31)27-22(23)28-18(10)36/h5-6,8,11-14,19-21,32-34H,4H2,1-3H3,(H6-,23,25,26,27,28,35,36,37,38,39,40,41,42)/p-2/t8-,11+,12?,13+,14?,19-,20-,21-/m1/s1. The summed E-state index contributed by atoms with van der Waals surface area (Å²) < 4.78 is 73.6.